The first kappa shape index (κ1) is 14.3. The van der Waals surface area contributed by atoms with Crippen LogP contribution in [-0.2, 0) is 6.42 Å². The van der Waals surface area contributed by atoms with Gasteiger partial charge in [-0.05, 0) is 32.4 Å². The van der Waals surface area contributed by atoms with E-state index < -0.39 is 5.69 Å². The van der Waals surface area contributed by atoms with Crippen molar-refractivity contribution in [3.05, 3.63) is 31.6 Å². The molecule has 0 aliphatic carbocycles. The fourth-order valence-corrected chi connectivity index (χ4v) is 3.19. The van der Waals surface area contributed by atoms with E-state index in [0.29, 0.717) is 12.0 Å². The average molecular weight is 286 g/mol. The van der Waals surface area contributed by atoms with Gasteiger partial charge in [0, 0.05) is 12.6 Å². The van der Waals surface area contributed by atoms with Gasteiger partial charge in [-0.1, -0.05) is 25.4 Å². The highest BCUT2D eigenvalue weighted by molar-refractivity contribution is 6.30. The Kier molecular flexibility index (Phi) is 4.16. The van der Waals surface area contributed by atoms with Gasteiger partial charge in [0.1, 0.15) is 5.15 Å². The van der Waals surface area contributed by atoms with Crippen molar-refractivity contribution in [2.45, 2.75) is 32.7 Å². The number of H-pyrrole nitrogens is 1. The molecule has 5 nitrogen and oxygen atoms in total. The lowest BCUT2D eigenvalue weighted by atomic mass is 9.94. The van der Waals surface area contributed by atoms with Crippen LogP contribution in [0.2, 0.25) is 5.15 Å². The van der Waals surface area contributed by atoms with Gasteiger partial charge in [-0.15, -0.1) is 0 Å². The van der Waals surface area contributed by atoms with Gasteiger partial charge in [-0.2, -0.15) is 0 Å². The summed E-state index contributed by atoms with van der Waals surface area (Å²) in [6, 6.07) is -0.0463. The number of likely N-dealkylation sites (tertiary alicyclic amines) is 1. The van der Waals surface area contributed by atoms with Crippen LogP contribution in [-0.4, -0.2) is 34.6 Å². The van der Waals surface area contributed by atoms with Gasteiger partial charge in [0.25, 0.3) is 5.56 Å². The number of hydrogen-bond donors (Lipinski definition) is 1. The number of rotatable bonds is 2. The van der Waals surface area contributed by atoms with Crippen molar-refractivity contribution < 1.29 is 0 Å². The van der Waals surface area contributed by atoms with E-state index in [-0.39, 0.29) is 22.7 Å². The van der Waals surface area contributed by atoms with Crippen LogP contribution in [0.25, 0.3) is 0 Å². The topological polar surface area (TPSA) is 58.1 Å². The highest BCUT2D eigenvalue weighted by atomic mass is 35.5. The van der Waals surface area contributed by atoms with Crippen LogP contribution in [0.1, 0.15) is 31.9 Å². The minimum Gasteiger partial charge on any atom is -0.306 e. The highest BCUT2D eigenvalue weighted by Gasteiger charge is 2.28. The zero-order chi connectivity index (χ0) is 14.2. The van der Waals surface area contributed by atoms with E-state index in [1.165, 1.54) is 4.57 Å². The SMILES string of the molecule is CCc1c(Cl)[nH]c(=O)n(C2CCN(C)CC2C)c1=O. The molecule has 0 radical (unpaired) electrons. The minimum atomic E-state index is -0.395. The second kappa shape index (κ2) is 5.51. The molecule has 2 unspecified atom stereocenters. The van der Waals surface area contributed by atoms with Gasteiger partial charge in [0.15, 0.2) is 0 Å². The van der Waals surface area contributed by atoms with E-state index in [1.54, 1.807) is 0 Å². The van der Waals surface area contributed by atoms with Gasteiger partial charge in [0.05, 0.1) is 5.56 Å². The average Bonchev–Trinajstić information content (AvgIpc) is 2.31. The fourth-order valence-electron chi connectivity index (χ4n) is 2.89. The van der Waals surface area contributed by atoms with Crippen molar-refractivity contribution >= 4 is 11.6 Å². The van der Waals surface area contributed by atoms with Crippen molar-refractivity contribution in [1.29, 1.82) is 0 Å². The highest BCUT2D eigenvalue weighted by Crippen LogP contribution is 2.25. The Labute approximate surface area is 117 Å². The molecule has 19 heavy (non-hydrogen) atoms. The first-order valence-corrected chi connectivity index (χ1v) is 7.05. The van der Waals surface area contributed by atoms with Crippen LogP contribution in [0.3, 0.4) is 0 Å². The third kappa shape index (κ3) is 2.62. The van der Waals surface area contributed by atoms with Gasteiger partial charge in [0.2, 0.25) is 0 Å². The summed E-state index contributed by atoms with van der Waals surface area (Å²) in [4.78, 5) is 29.3. The summed E-state index contributed by atoms with van der Waals surface area (Å²) in [7, 11) is 2.05. The van der Waals surface area contributed by atoms with Gasteiger partial charge in [-0.25, -0.2) is 4.79 Å². The van der Waals surface area contributed by atoms with Gasteiger partial charge < -0.3 is 4.90 Å². The molecule has 1 N–H and O–H groups in total. The molecule has 0 aromatic carbocycles. The van der Waals surface area contributed by atoms with E-state index >= 15 is 0 Å². The maximum Gasteiger partial charge on any atom is 0.329 e. The lowest BCUT2D eigenvalue weighted by Gasteiger charge is -2.35. The van der Waals surface area contributed by atoms with Crippen LogP contribution in [0.15, 0.2) is 9.59 Å². The first-order valence-electron chi connectivity index (χ1n) is 6.67. The van der Waals surface area contributed by atoms with Crippen LogP contribution in [0, 0.1) is 5.92 Å². The summed E-state index contributed by atoms with van der Waals surface area (Å²) < 4.78 is 1.36. The second-order valence-corrected chi connectivity index (χ2v) is 5.72. The maximum atomic E-state index is 12.4. The van der Waals surface area contributed by atoms with Crippen molar-refractivity contribution in [3.8, 4) is 0 Å². The van der Waals surface area contributed by atoms with Crippen molar-refractivity contribution in [2.75, 3.05) is 20.1 Å². The molecule has 1 aromatic heterocycles. The molecule has 0 amide bonds. The van der Waals surface area contributed by atoms with Crippen LogP contribution in [0.5, 0.6) is 0 Å². The molecule has 1 aliphatic rings. The summed E-state index contributed by atoms with van der Waals surface area (Å²) in [5, 5.41) is 0.175. The second-order valence-electron chi connectivity index (χ2n) is 5.35. The standard InChI is InChI=1S/C13H20ClN3O2/c1-4-9-11(14)15-13(19)17(12(9)18)10-5-6-16(3)7-8(10)2/h8,10H,4-7H2,1-3H3,(H,15,19). The number of halogens is 1. The lowest BCUT2D eigenvalue weighted by Crippen LogP contribution is -2.47. The molecular weight excluding hydrogens is 266 g/mol. The molecule has 2 rings (SSSR count). The Morgan fingerprint density at radius 3 is 2.68 bits per heavy atom. The molecule has 6 heteroatoms. The number of hydrogen-bond acceptors (Lipinski definition) is 3. The molecule has 1 saturated heterocycles. The van der Waals surface area contributed by atoms with E-state index in [0.717, 1.165) is 19.5 Å². The zero-order valence-electron chi connectivity index (χ0n) is 11.6. The molecule has 0 spiro atoms. The van der Waals surface area contributed by atoms with Crippen LogP contribution < -0.4 is 11.2 Å². The molecule has 1 fully saturated rings. The summed E-state index contributed by atoms with van der Waals surface area (Å²) in [5.74, 6) is 0.267. The zero-order valence-corrected chi connectivity index (χ0v) is 12.3. The third-order valence-electron chi connectivity index (χ3n) is 3.93. The van der Waals surface area contributed by atoms with Crippen LogP contribution >= 0.6 is 11.6 Å². The monoisotopic (exact) mass is 285 g/mol. The predicted octanol–water partition coefficient (Wildman–Crippen LogP) is 1.27. The van der Waals surface area contributed by atoms with Crippen molar-refractivity contribution in [1.82, 2.24) is 14.5 Å². The Bertz CT molecular complexity index is 578. The quantitative estimate of drug-likeness (QED) is 0.833. The third-order valence-corrected chi connectivity index (χ3v) is 4.25. The Morgan fingerprint density at radius 1 is 1.42 bits per heavy atom. The number of aromatic nitrogens is 2. The van der Waals surface area contributed by atoms with Gasteiger partial charge in [-0.3, -0.25) is 14.3 Å². The van der Waals surface area contributed by atoms with E-state index in [2.05, 4.69) is 23.9 Å². The smallest absolute Gasteiger partial charge is 0.306 e. The van der Waals surface area contributed by atoms with Gasteiger partial charge >= 0.3 is 5.69 Å². The van der Waals surface area contributed by atoms with Crippen LogP contribution in [0.4, 0.5) is 0 Å². The predicted molar refractivity (Wildman–Crippen MR) is 76.0 cm³/mol. The minimum absolute atomic E-state index is 0.0463. The molecule has 1 aromatic rings. The first-order chi connectivity index (χ1) is 8.95. The molecule has 0 bridgehead atoms. The summed E-state index contributed by atoms with van der Waals surface area (Å²) in [6.45, 7) is 5.72. The number of aromatic amines is 1. The summed E-state index contributed by atoms with van der Waals surface area (Å²) >= 11 is 5.93. The molecular formula is C13H20ClN3O2. The Morgan fingerprint density at radius 2 is 2.11 bits per heavy atom. The summed E-state index contributed by atoms with van der Waals surface area (Å²) in [6.07, 6.45) is 1.33. The molecule has 1 aliphatic heterocycles. The van der Waals surface area contributed by atoms with E-state index in [9.17, 15) is 9.59 Å². The largest absolute Gasteiger partial charge is 0.329 e. The van der Waals surface area contributed by atoms with Crippen molar-refractivity contribution in [3.63, 3.8) is 0 Å². The fraction of sp³-hybridized carbons (Fsp3) is 0.692. The molecule has 106 valence electrons. The maximum absolute atomic E-state index is 12.4. The van der Waals surface area contributed by atoms with E-state index in [4.69, 9.17) is 11.6 Å². The van der Waals surface area contributed by atoms with Crippen molar-refractivity contribution in [2.24, 2.45) is 5.92 Å². The lowest BCUT2D eigenvalue weighted by molar-refractivity contribution is 0.153. The number of piperidine rings is 1. The molecule has 2 atom stereocenters. The van der Waals surface area contributed by atoms with E-state index in [1.807, 2.05) is 6.92 Å². The molecule has 0 saturated carbocycles. The Balaban J connectivity index is 2.51. The molecule has 2 heterocycles. The number of nitrogens with one attached hydrogen (secondary N) is 1. The number of nitrogens with zero attached hydrogens (tertiary/aromatic N) is 2. The normalized spacial score (nSPS) is 24.6. The Hall–Kier alpha value is -1.07. The summed E-state index contributed by atoms with van der Waals surface area (Å²) in [5.41, 5.74) is -0.140.